The highest BCUT2D eigenvalue weighted by Gasteiger charge is 2.31. The van der Waals surface area contributed by atoms with Crippen molar-refractivity contribution >= 4 is 11.8 Å². The van der Waals surface area contributed by atoms with Gasteiger partial charge in [0, 0.05) is 5.92 Å². The van der Waals surface area contributed by atoms with Gasteiger partial charge in [0.05, 0.1) is 7.11 Å². The van der Waals surface area contributed by atoms with Gasteiger partial charge >= 0.3 is 5.97 Å². The van der Waals surface area contributed by atoms with E-state index in [4.69, 9.17) is 0 Å². The number of rotatable bonds is 4. The summed E-state index contributed by atoms with van der Waals surface area (Å²) in [6.45, 7) is 7.28. The van der Waals surface area contributed by atoms with Crippen LogP contribution in [0.3, 0.4) is 0 Å². The minimum Gasteiger partial charge on any atom is -0.468 e. The first-order chi connectivity index (χ1) is 5.91. The van der Waals surface area contributed by atoms with Crippen molar-refractivity contribution in [3.8, 4) is 0 Å². The lowest BCUT2D eigenvalue weighted by Gasteiger charge is -2.18. The average molecular weight is 186 g/mol. The van der Waals surface area contributed by atoms with Gasteiger partial charge in [-0.2, -0.15) is 0 Å². The van der Waals surface area contributed by atoms with Gasteiger partial charge in [-0.05, 0) is 5.92 Å². The minimum absolute atomic E-state index is 0.00218. The van der Waals surface area contributed by atoms with Crippen LogP contribution in [-0.2, 0) is 14.3 Å². The van der Waals surface area contributed by atoms with Crippen LogP contribution in [0.1, 0.15) is 27.7 Å². The second-order valence-corrected chi connectivity index (χ2v) is 3.80. The third kappa shape index (κ3) is 3.17. The molecule has 0 aromatic carbocycles. The Hall–Kier alpha value is -0.860. The van der Waals surface area contributed by atoms with Gasteiger partial charge in [0.2, 0.25) is 0 Å². The lowest BCUT2D eigenvalue weighted by Crippen LogP contribution is -2.32. The molecule has 0 aromatic heterocycles. The van der Waals surface area contributed by atoms with E-state index in [1.165, 1.54) is 7.11 Å². The molecule has 0 N–H and O–H groups in total. The number of hydrogen-bond donors (Lipinski definition) is 0. The highest BCUT2D eigenvalue weighted by Crippen LogP contribution is 2.17. The first-order valence-corrected chi connectivity index (χ1v) is 4.53. The summed E-state index contributed by atoms with van der Waals surface area (Å²) >= 11 is 0. The van der Waals surface area contributed by atoms with E-state index in [-0.39, 0.29) is 17.6 Å². The first kappa shape index (κ1) is 12.1. The van der Waals surface area contributed by atoms with E-state index >= 15 is 0 Å². The molecule has 0 radical (unpaired) electrons. The molecule has 76 valence electrons. The van der Waals surface area contributed by atoms with Crippen molar-refractivity contribution in [3.63, 3.8) is 0 Å². The van der Waals surface area contributed by atoms with Crippen molar-refractivity contribution in [2.24, 2.45) is 17.8 Å². The smallest absolute Gasteiger partial charge is 0.316 e. The molecule has 0 spiro atoms. The molecule has 0 rings (SSSR count). The third-order valence-electron chi connectivity index (χ3n) is 2.00. The van der Waals surface area contributed by atoms with Crippen LogP contribution in [0.4, 0.5) is 0 Å². The Kier molecular flexibility index (Phi) is 4.67. The van der Waals surface area contributed by atoms with Crippen LogP contribution in [0.5, 0.6) is 0 Å². The molecule has 0 aliphatic heterocycles. The third-order valence-corrected chi connectivity index (χ3v) is 2.00. The monoisotopic (exact) mass is 186 g/mol. The fraction of sp³-hybridized carbons (Fsp3) is 0.800. The maximum atomic E-state index is 11.6. The van der Waals surface area contributed by atoms with Crippen molar-refractivity contribution in [2.75, 3.05) is 7.11 Å². The van der Waals surface area contributed by atoms with Crippen molar-refractivity contribution in [1.29, 1.82) is 0 Å². The fourth-order valence-corrected chi connectivity index (χ4v) is 1.20. The first-order valence-electron chi connectivity index (χ1n) is 4.53. The summed E-state index contributed by atoms with van der Waals surface area (Å²) in [5.74, 6) is -1.19. The Morgan fingerprint density at radius 2 is 1.54 bits per heavy atom. The quantitative estimate of drug-likeness (QED) is 0.495. The van der Waals surface area contributed by atoms with Gasteiger partial charge in [0.25, 0.3) is 0 Å². The topological polar surface area (TPSA) is 43.4 Å². The number of hydrogen-bond acceptors (Lipinski definition) is 3. The van der Waals surface area contributed by atoms with Gasteiger partial charge < -0.3 is 4.74 Å². The number of Topliss-reactive ketones (excluding diaryl/α,β-unsaturated/α-hetero) is 1. The zero-order valence-corrected chi connectivity index (χ0v) is 8.96. The molecule has 0 aliphatic carbocycles. The molecule has 0 saturated heterocycles. The Balaban J connectivity index is 4.61. The lowest BCUT2D eigenvalue weighted by atomic mass is 9.86. The Labute approximate surface area is 79.5 Å². The van der Waals surface area contributed by atoms with E-state index in [0.29, 0.717) is 0 Å². The number of ketones is 1. The molecule has 3 nitrogen and oxygen atoms in total. The summed E-state index contributed by atoms with van der Waals surface area (Å²) in [5.41, 5.74) is 0. The maximum absolute atomic E-state index is 11.6. The van der Waals surface area contributed by atoms with Gasteiger partial charge in [-0.25, -0.2) is 0 Å². The van der Waals surface area contributed by atoms with Gasteiger partial charge in [0.15, 0.2) is 0 Å². The summed E-state index contributed by atoms with van der Waals surface area (Å²) in [7, 11) is 1.31. The molecule has 0 bridgehead atoms. The Bertz CT molecular complexity index is 194. The second kappa shape index (κ2) is 5.00. The zero-order valence-electron chi connectivity index (χ0n) is 8.96. The number of methoxy groups -OCH3 is 1. The lowest BCUT2D eigenvalue weighted by molar-refractivity contribution is -0.152. The van der Waals surface area contributed by atoms with Crippen LogP contribution in [0, 0.1) is 17.8 Å². The standard InChI is InChI=1S/C10H18O3/c1-6(2)8(10(12)13-5)9(11)7(3)4/h6-8H,1-5H3. The van der Waals surface area contributed by atoms with Crippen molar-refractivity contribution in [3.05, 3.63) is 0 Å². The molecular formula is C10H18O3. The van der Waals surface area contributed by atoms with E-state index in [9.17, 15) is 9.59 Å². The van der Waals surface area contributed by atoms with E-state index in [0.717, 1.165) is 0 Å². The van der Waals surface area contributed by atoms with Gasteiger partial charge in [-0.15, -0.1) is 0 Å². The van der Waals surface area contributed by atoms with Gasteiger partial charge in [0.1, 0.15) is 11.7 Å². The summed E-state index contributed by atoms with van der Waals surface area (Å²) in [5, 5.41) is 0. The van der Waals surface area contributed by atoms with Crippen LogP contribution in [0.25, 0.3) is 0 Å². The summed E-state index contributed by atoms with van der Waals surface area (Å²) in [4.78, 5) is 22.8. The fourth-order valence-electron chi connectivity index (χ4n) is 1.20. The number of carbonyl (C=O) groups excluding carboxylic acids is 2. The molecule has 0 heterocycles. The number of esters is 1. The Morgan fingerprint density at radius 3 is 1.77 bits per heavy atom. The van der Waals surface area contributed by atoms with Crippen molar-refractivity contribution in [1.82, 2.24) is 0 Å². The molecule has 1 atom stereocenters. The highest BCUT2D eigenvalue weighted by molar-refractivity contribution is 6.00. The van der Waals surface area contributed by atoms with Crippen LogP contribution >= 0.6 is 0 Å². The van der Waals surface area contributed by atoms with Crippen LogP contribution in [0.15, 0.2) is 0 Å². The van der Waals surface area contributed by atoms with Crippen molar-refractivity contribution < 1.29 is 14.3 Å². The molecule has 1 unspecified atom stereocenters. The van der Waals surface area contributed by atoms with E-state index < -0.39 is 11.9 Å². The molecule has 0 fully saturated rings. The summed E-state index contributed by atoms with van der Waals surface area (Å²) < 4.78 is 4.59. The normalized spacial score (nSPS) is 13.2. The molecule has 0 aromatic rings. The van der Waals surface area contributed by atoms with Crippen molar-refractivity contribution in [2.45, 2.75) is 27.7 Å². The van der Waals surface area contributed by atoms with E-state index in [2.05, 4.69) is 4.74 Å². The predicted octanol–water partition coefficient (Wildman–Crippen LogP) is 1.66. The number of ether oxygens (including phenoxy) is 1. The van der Waals surface area contributed by atoms with Crippen LogP contribution in [-0.4, -0.2) is 18.9 Å². The largest absolute Gasteiger partial charge is 0.468 e. The van der Waals surface area contributed by atoms with E-state index in [1.54, 1.807) is 13.8 Å². The number of carbonyl (C=O) groups is 2. The molecule has 0 aliphatic rings. The highest BCUT2D eigenvalue weighted by atomic mass is 16.5. The maximum Gasteiger partial charge on any atom is 0.316 e. The summed E-state index contributed by atoms with van der Waals surface area (Å²) in [6.07, 6.45) is 0. The van der Waals surface area contributed by atoms with Gasteiger partial charge in [-0.3, -0.25) is 9.59 Å². The van der Waals surface area contributed by atoms with E-state index in [1.807, 2.05) is 13.8 Å². The van der Waals surface area contributed by atoms with Gasteiger partial charge in [-0.1, -0.05) is 27.7 Å². The van der Waals surface area contributed by atoms with Crippen LogP contribution in [0.2, 0.25) is 0 Å². The zero-order chi connectivity index (χ0) is 10.6. The average Bonchev–Trinajstić information content (AvgIpc) is 2.03. The predicted molar refractivity (Wildman–Crippen MR) is 50.2 cm³/mol. The molecule has 0 amide bonds. The van der Waals surface area contributed by atoms with Crippen LogP contribution < -0.4 is 0 Å². The Morgan fingerprint density at radius 1 is 1.08 bits per heavy atom. The molecule has 0 saturated carbocycles. The molecule has 13 heavy (non-hydrogen) atoms. The second-order valence-electron chi connectivity index (χ2n) is 3.80. The summed E-state index contributed by atoms with van der Waals surface area (Å²) in [6, 6.07) is 0. The minimum atomic E-state index is -0.606. The molecule has 3 heteroatoms. The molecular weight excluding hydrogens is 168 g/mol. The SMILES string of the molecule is COC(=O)C(C(=O)C(C)C)C(C)C.